The molecule has 1 N–H and O–H groups in total. The third-order valence-electron chi connectivity index (χ3n) is 3.59. The van der Waals surface area contributed by atoms with Crippen molar-refractivity contribution in [3.05, 3.63) is 27.7 Å². The van der Waals surface area contributed by atoms with Crippen LogP contribution < -0.4 is 10.1 Å². The number of unbranched alkanes of at least 4 members (excludes halogenated alkanes) is 3. The number of ether oxygens (including phenoxy) is 1. The Morgan fingerprint density at radius 3 is 2.95 bits per heavy atom. The molecular formula is C16H24BrNOS. The number of hydrogen-bond acceptors (Lipinski definition) is 3. The molecule has 1 aliphatic rings. The number of fused-ring (bicyclic) bond motifs is 1. The summed E-state index contributed by atoms with van der Waals surface area (Å²) in [6.07, 6.45) is 8.54. The Bertz CT molecular complexity index is 425. The van der Waals surface area contributed by atoms with E-state index in [1.54, 1.807) is 0 Å². The van der Waals surface area contributed by atoms with Crippen LogP contribution in [0.4, 0.5) is 0 Å². The van der Waals surface area contributed by atoms with E-state index in [1.165, 1.54) is 42.6 Å². The van der Waals surface area contributed by atoms with Crippen molar-refractivity contribution in [1.82, 2.24) is 5.32 Å². The molecule has 0 saturated heterocycles. The summed E-state index contributed by atoms with van der Waals surface area (Å²) < 4.78 is 6.91. The summed E-state index contributed by atoms with van der Waals surface area (Å²) in [6.45, 7) is 2.83. The minimum Gasteiger partial charge on any atom is -0.493 e. The topological polar surface area (TPSA) is 21.3 Å². The van der Waals surface area contributed by atoms with Gasteiger partial charge in [-0.05, 0) is 49.1 Å². The molecule has 0 unspecified atom stereocenters. The maximum atomic E-state index is 5.74. The predicted molar refractivity (Wildman–Crippen MR) is 91.9 cm³/mol. The van der Waals surface area contributed by atoms with Crippen LogP contribution >= 0.6 is 27.7 Å². The van der Waals surface area contributed by atoms with Crippen LogP contribution in [0.15, 0.2) is 16.6 Å². The Hall–Kier alpha value is -0.190. The lowest BCUT2D eigenvalue weighted by molar-refractivity contribution is 0.352. The highest BCUT2D eigenvalue weighted by Crippen LogP contribution is 2.32. The first-order chi connectivity index (χ1) is 9.81. The predicted octanol–water partition coefficient (Wildman–Crippen LogP) is 4.40. The minimum absolute atomic E-state index is 0.828. The number of rotatable bonds is 9. The molecule has 4 heteroatoms. The normalized spacial score (nSPS) is 13.3. The van der Waals surface area contributed by atoms with Crippen LogP contribution in [-0.4, -0.2) is 25.2 Å². The van der Waals surface area contributed by atoms with Crippen molar-refractivity contribution < 1.29 is 4.74 Å². The molecule has 2 rings (SSSR count). The molecule has 0 amide bonds. The summed E-state index contributed by atoms with van der Waals surface area (Å²) in [6, 6.07) is 4.35. The summed E-state index contributed by atoms with van der Waals surface area (Å²) in [5.74, 6) is 2.41. The number of benzene rings is 1. The fourth-order valence-corrected chi connectivity index (χ4v) is 3.60. The van der Waals surface area contributed by atoms with Crippen LogP contribution in [0.5, 0.6) is 5.75 Å². The van der Waals surface area contributed by atoms with Crippen molar-refractivity contribution in [3.8, 4) is 5.75 Å². The van der Waals surface area contributed by atoms with E-state index in [-0.39, 0.29) is 0 Å². The average Bonchev–Trinajstić information content (AvgIpc) is 2.89. The Labute approximate surface area is 135 Å². The molecule has 0 atom stereocenters. The molecule has 2 nitrogen and oxygen atoms in total. The SMILES string of the molecule is CSCCCCCCNCc1cc(Br)cc2c1OCC2. The van der Waals surface area contributed by atoms with Gasteiger partial charge in [0.15, 0.2) is 0 Å². The van der Waals surface area contributed by atoms with E-state index in [2.05, 4.69) is 39.6 Å². The Kier molecular flexibility index (Phi) is 7.25. The molecule has 112 valence electrons. The van der Waals surface area contributed by atoms with Gasteiger partial charge in [-0.25, -0.2) is 0 Å². The minimum atomic E-state index is 0.828. The van der Waals surface area contributed by atoms with Gasteiger partial charge in [-0.3, -0.25) is 0 Å². The highest BCUT2D eigenvalue weighted by atomic mass is 79.9. The third-order valence-corrected chi connectivity index (χ3v) is 4.75. The van der Waals surface area contributed by atoms with Gasteiger partial charge >= 0.3 is 0 Å². The third kappa shape index (κ3) is 4.97. The summed E-state index contributed by atoms with van der Waals surface area (Å²) in [4.78, 5) is 0. The molecule has 1 aromatic carbocycles. The second-order valence-electron chi connectivity index (χ2n) is 5.24. The van der Waals surface area contributed by atoms with Gasteiger partial charge in [-0.15, -0.1) is 0 Å². The quantitative estimate of drug-likeness (QED) is 0.662. The van der Waals surface area contributed by atoms with Crippen molar-refractivity contribution >= 4 is 27.7 Å². The Balaban J connectivity index is 1.67. The van der Waals surface area contributed by atoms with E-state index in [9.17, 15) is 0 Å². The lowest BCUT2D eigenvalue weighted by Gasteiger charge is -2.10. The van der Waals surface area contributed by atoms with Crippen molar-refractivity contribution in [1.29, 1.82) is 0 Å². The smallest absolute Gasteiger partial charge is 0.127 e. The van der Waals surface area contributed by atoms with E-state index >= 15 is 0 Å². The highest BCUT2D eigenvalue weighted by molar-refractivity contribution is 9.10. The van der Waals surface area contributed by atoms with Gasteiger partial charge in [0.05, 0.1) is 6.61 Å². The van der Waals surface area contributed by atoms with Gasteiger partial charge in [0, 0.05) is 23.0 Å². The van der Waals surface area contributed by atoms with Gasteiger partial charge < -0.3 is 10.1 Å². The molecule has 0 aromatic heterocycles. The van der Waals surface area contributed by atoms with Crippen LogP contribution in [0.3, 0.4) is 0 Å². The summed E-state index contributed by atoms with van der Waals surface area (Å²) in [7, 11) is 0. The van der Waals surface area contributed by atoms with Gasteiger partial charge in [-0.2, -0.15) is 11.8 Å². The Morgan fingerprint density at radius 1 is 1.25 bits per heavy atom. The second-order valence-corrected chi connectivity index (χ2v) is 7.14. The molecule has 0 spiro atoms. The molecule has 0 bridgehead atoms. The summed E-state index contributed by atoms with van der Waals surface area (Å²) >= 11 is 5.53. The molecule has 1 aromatic rings. The fraction of sp³-hybridized carbons (Fsp3) is 0.625. The van der Waals surface area contributed by atoms with Crippen LogP contribution in [0, 0.1) is 0 Å². The van der Waals surface area contributed by atoms with Gasteiger partial charge in [0.2, 0.25) is 0 Å². The van der Waals surface area contributed by atoms with Crippen molar-refractivity contribution in [2.75, 3.05) is 25.2 Å². The standard InChI is InChI=1S/C16H24BrNOS/c1-20-9-5-3-2-4-7-18-12-14-11-15(17)10-13-6-8-19-16(13)14/h10-11,18H,2-9,12H2,1H3. The van der Waals surface area contributed by atoms with Crippen molar-refractivity contribution in [2.45, 2.75) is 38.6 Å². The molecule has 0 radical (unpaired) electrons. The molecule has 0 fully saturated rings. The van der Waals surface area contributed by atoms with E-state index in [0.717, 1.165) is 36.3 Å². The van der Waals surface area contributed by atoms with Crippen molar-refractivity contribution in [2.24, 2.45) is 0 Å². The van der Waals surface area contributed by atoms with E-state index in [1.807, 2.05) is 11.8 Å². The summed E-state index contributed by atoms with van der Waals surface area (Å²) in [5, 5.41) is 3.54. The van der Waals surface area contributed by atoms with Gasteiger partial charge in [0.25, 0.3) is 0 Å². The molecule has 1 heterocycles. The molecule has 0 aliphatic carbocycles. The van der Waals surface area contributed by atoms with E-state index in [0.29, 0.717) is 0 Å². The number of nitrogens with one attached hydrogen (secondary N) is 1. The first-order valence-electron chi connectivity index (χ1n) is 7.45. The zero-order valence-electron chi connectivity index (χ0n) is 12.2. The number of hydrogen-bond donors (Lipinski definition) is 1. The highest BCUT2D eigenvalue weighted by Gasteiger charge is 2.16. The average molecular weight is 358 g/mol. The van der Waals surface area contributed by atoms with E-state index in [4.69, 9.17) is 4.74 Å². The number of halogens is 1. The zero-order chi connectivity index (χ0) is 14.2. The second kappa shape index (κ2) is 8.96. The Morgan fingerprint density at radius 2 is 2.10 bits per heavy atom. The first-order valence-corrected chi connectivity index (χ1v) is 9.63. The lowest BCUT2D eigenvalue weighted by atomic mass is 10.1. The molecular weight excluding hydrogens is 334 g/mol. The largest absolute Gasteiger partial charge is 0.493 e. The fourth-order valence-electron chi connectivity index (χ4n) is 2.55. The van der Waals surface area contributed by atoms with Crippen molar-refractivity contribution in [3.63, 3.8) is 0 Å². The first kappa shape index (κ1) is 16.2. The zero-order valence-corrected chi connectivity index (χ0v) is 14.6. The van der Waals surface area contributed by atoms with Gasteiger partial charge in [-0.1, -0.05) is 28.8 Å². The maximum Gasteiger partial charge on any atom is 0.127 e. The van der Waals surface area contributed by atoms with Crippen LogP contribution in [-0.2, 0) is 13.0 Å². The maximum absolute atomic E-state index is 5.74. The summed E-state index contributed by atoms with van der Waals surface area (Å²) in [5.41, 5.74) is 2.63. The number of thioether (sulfide) groups is 1. The lowest BCUT2D eigenvalue weighted by Crippen LogP contribution is -2.15. The van der Waals surface area contributed by atoms with Gasteiger partial charge in [0.1, 0.15) is 5.75 Å². The van der Waals surface area contributed by atoms with Crippen LogP contribution in [0.2, 0.25) is 0 Å². The van der Waals surface area contributed by atoms with E-state index < -0.39 is 0 Å². The monoisotopic (exact) mass is 357 g/mol. The molecule has 0 saturated carbocycles. The molecule has 20 heavy (non-hydrogen) atoms. The van der Waals surface area contributed by atoms with Crippen LogP contribution in [0.1, 0.15) is 36.8 Å². The van der Waals surface area contributed by atoms with Crippen LogP contribution in [0.25, 0.3) is 0 Å². The molecule has 1 aliphatic heterocycles.